The Kier molecular flexibility index (Phi) is 4.18. The Hall–Kier alpha value is -0.330. The topological polar surface area (TPSA) is 57.6 Å². The molecule has 1 saturated heterocycles. The predicted octanol–water partition coefficient (Wildman–Crippen LogP) is 2.14. The molecule has 1 N–H and O–H groups in total. The van der Waals surface area contributed by atoms with Crippen LogP contribution in [0.15, 0.2) is 23.1 Å². The zero-order valence-electron chi connectivity index (χ0n) is 9.51. The highest BCUT2D eigenvalue weighted by molar-refractivity contribution is 7.89. The molecule has 0 aromatic heterocycles. The lowest BCUT2D eigenvalue weighted by Crippen LogP contribution is -2.37. The third-order valence-corrected chi connectivity index (χ3v) is 5.72. The van der Waals surface area contributed by atoms with Gasteiger partial charge in [-0.25, -0.2) is 8.42 Å². The van der Waals surface area contributed by atoms with Crippen molar-refractivity contribution in [1.29, 1.82) is 0 Å². The van der Waals surface area contributed by atoms with E-state index in [-0.39, 0.29) is 22.6 Å². The summed E-state index contributed by atoms with van der Waals surface area (Å²) in [5.74, 6) is 0. The van der Waals surface area contributed by atoms with E-state index >= 15 is 0 Å². The van der Waals surface area contributed by atoms with Gasteiger partial charge in [0.05, 0.1) is 21.5 Å². The summed E-state index contributed by atoms with van der Waals surface area (Å²) in [6.07, 6.45) is 1.43. The van der Waals surface area contributed by atoms with Crippen LogP contribution >= 0.6 is 23.2 Å². The Bertz CT molecular complexity index is 547. The van der Waals surface area contributed by atoms with E-state index in [4.69, 9.17) is 23.2 Å². The van der Waals surface area contributed by atoms with Gasteiger partial charge in [0.15, 0.2) is 0 Å². The molecule has 0 amide bonds. The Labute approximate surface area is 116 Å². The molecule has 0 bridgehead atoms. The van der Waals surface area contributed by atoms with Crippen molar-refractivity contribution in [2.45, 2.75) is 23.8 Å². The first kappa shape index (κ1) is 14.1. The number of nitrogens with zero attached hydrogens (tertiary/aromatic N) is 1. The highest BCUT2D eigenvalue weighted by atomic mass is 35.5. The van der Waals surface area contributed by atoms with Gasteiger partial charge >= 0.3 is 0 Å². The third-order valence-electron chi connectivity index (χ3n) is 3.03. The van der Waals surface area contributed by atoms with Gasteiger partial charge in [-0.1, -0.05) is 23.2 Å². The molecule has 100 valence electrons. The fourth-order valence-electron chi connectivity index (χ4n) is 2.08. The molecule has 0 radical (unpaired) electrons. The van der Waals surface area contributed by atoms with Crippen LogP contribution in [-0.2, 0) is 10.0 Å². The van der Waals surface area contributed by atoms with Gasteiger partial charge in [0, 0.05) is 12.6 Å². The van der Waals surface area contributed by atoms with Gasteiger partial charge < -0.3 is 5.11 Å². The molecule has 1 unspecified atom stereocenters. The van der Waals surface area contributed by atoms with E-state index < -0.39 is 10.0 Å². The maximum atomic E-state index is 12.4. The predicted molar refractivity (Wildman–Crippen MR) is 70.5 cm³/mol. The van der Waals surface area contributed by atoms with Crippen molar-refractivity contribution in [3.05, 3.63) is 28.2 Å². The van der Waals surface area contributed by atoms with E-state index in [9.17, 15) is 13.5 Å². The highest BCUT2D eigenvalue weighted by Crippen LogP contribution is 2.29. The van der Waals surface area contributed by atoms with Crippen LogP contribution in [0.1, 0.15) is 12.8 Å². The van der Waals surface area contributed by atoms with Crippen LogP contribution in [0.2, 0.25) is 10.0 Å². The lowest BCUT2D eigenvalue weighted by molar-refractivity contribution is 0.213. The van der Waals surface area contributed by atoms with E-state index in [0.29, 0.717) is 18.0 Å². The van der Waals surface area contributed by atoms with Gasteiger partial charge in [-0.05, 0) is 31.0 Å². The molecular formula is C11H13Cl2NO3S. The van der Waals surface area contributed by atoms with Crippen LogP contribution < -0.4 is 0 Å². The first-order valence-corrected chi connectivity index (χ1v) is 7.74. The van der Waals surface area contributed by atoms with E-state index in [1.165, 1.54) is 22.5 Å². The number of rotatable bonds is 3. The summed E-state index contributed by atoms with van der Waals surface area (Å²) >= 11 is 11.6. The average molecular weight is 310 g/mol. The normalized spacial score (nSPS) is 21.4. The molecule has 1 fully saturated rings. The number of aliphatic hydroxyl groups is 1. The van der Waals surface area contributed by atoms with Crippen LogP contribution in [0.25, 0.3) is 0 Å². The third kappa shape index (κ3) is 2.51. The number of benzene rings is 1. The maximum absolute atomic E-state index is 12.4. The molecule has 2 rings (SSSR count). The van der Waals surface area contributed by atoms with E-state index in [1.54, 1.807) is 0 Å². The lowest BCUT2D eigenvalue weighted by Gasteiger charge is -2.22. The fourth-order valence-corrected chi connectivity index (χ4v) is 4.16. The Morgan fingerprint density at radius 3 is 2.67 bits per heavy atom. The molecule has 0 aliphatic carbocycles. The Balaban J connectivity index is 2.38. The highest BCUT2D eigenvalue weighted by Gasteiger charge is 2.34. The number of hydrogen-bond donors (Lipinski definition) is 1. The summed E-state index contributed by atoms with van der Waals surface area (Å²) in [6, 6.07) is 3.88. The van der Waals surface area contributed by atoms with Gasteiger partial charge in [-0.15, -0.1) is 0 Å². The summed E-state index contributed by atoms with van der Waals surface area (Å²) in [4.78, 5) is 0.109. The molecule has 0 spiro atoms. The number of halogens is 2. The molecule has 1 aromatic rings. The monoisotopic (exact) mass is 309 g/mol. The molecule has 1 heterocycles. The van der Waals surface area contributed by atoms with Crippen molar-refractivity contribution >= 4 is 33.2 Å². The van der Waals surface area contributed by atoms with Gasteiger partial charge in [-0.2, -0.15) is 4.31 Å². The SMILES string of the molecule is O=S(=O)(c1ccc(Cl)c(Cl)c1)N1CCCC1CO. The van der Waals surface area contributed by atoms with Crippen LogP contribution in [0, 0.1) is 0 Å². The smallest absolute Gasteiger partial charge is 0.243 e. The molecule has 1 atom stereocenters. The minimum Gasteiger partial charge on any atom is -0.395 e. The van der Waals surface area contributed by atoms with Crippen molar-refractivity contribution in [1.82, 2.24) is 4.31 Å². The molecule has 1 aromatic carbocycles. The summed E-state index contributed by atoms with van der Waals surface area (Å²) in [5, 5.41) is 9.71. The molecular weight excluding hydrogens is 297 g/mol. The standard InChI is InChI=1S/C11H13Cl2NO3S/c12-10-4-3-9(6-11(10)13)18(16,17)14-5-1-2-8(14)7-15/h3-4,6,8,15H,1-2,5,7H2. The molecule has 7 heteroatoms. The van der Waals surface area contributed by atoms with Crippen LogP contribution in [0.4, 0.5) is 0 Å². The van der Waals surface area contributed by atoms with Gasteiger partial charge in [-0.3, -0.25) is 0 Å². The zero-order valence-corrected chi connectivity index (χ0v) is 11.8. The van der Waals surface area contributed by atoms with Crippen molar-refractivity contribution in [3.8, 4) is 0 Å². The zero-order chi connectivity index (χ0) is 13.3. The first-order chi connectivity index (χ1) is 8.46. The van der Waals surface area contributed by atoms with Crippen LogP contribution in [0.5, 0.6) is 0 Å². The minimum absolute atomic E-state index is 0.109. The largest absolute Gasteiger partial charge is 0.395 e. The molecule has 1 aliphatic heterocycles. The second kappa shape index (κ2) is 5.35. The van der Waals surface area contributed by atoms with Gasteiger partial charge in [0.2, 0.25) is 10.0 Å². The molecule has 0 saturated carbocycles. The number of sulfonamides is 1. The van der Waals surface area contributed by atoms with E-state index in [1.807, 2.05) is 0 Å². The maximum Gasteiger partial charge on any atom is 0.243 e. The summed E-state index contributed by atoms with van der Waals surface area (Å²) in [6.45, 7) is 0.258. The number of aliphatic hydroxyl groups excluding tert-OH is 1. The van der Waals surface area contributed by atoms with Gasteiger partial charge in [0.1, 0.15) is 0 Å². The lowest BCUT2D eigenvalue weighted by atomic mass is 10.2. The van der Waals surface area contributed by atoms with E-state index in [2.05, 4.69) is 0 Å². The summed E-state index contributed by atoms with van der Waals surface area (Å²) in [5.41, 5.74) is 0. The van der Waals surface area contributed by atoms with Crippen molar-refractivity contribution in [2.24, 2.45) is 0 Å². The first-order valence-electron chi connectivity index (χ1n) is 5.54. The molecule has 1 aliphatic rings. The minimum atomic E-state index is -3.61. The van der Waals surface area contributed by atoms with Crippen molar-refractivity contribution in [2.75, 3.05) is 13.2 Å². The second-order valence-corrected chi connectivity index (χ2v) is 6.88. The average Bonchev–Trinajstić information content (AvgIpc) is 2.81. The Morgan fingerprint density at radius 2 is 2.06 bits per heavy atom. The fraction of sp³-hybridized carbons (Fsp3) is 0.455. The molecule has 18 heavy (non-hydrogen) atoms. The summed E-state index contributed by atoms with van der Waals surface area (Å²) in [7, 11) is -3.61. The van der Waals surface area contributed by atoms with Crippen LogP contribution in [0.3, 0.4) is 0 Å². The Morgan fingerprint density at radius 1 is 1.33 bits per heavy atom. The van der Waals surface area contributed by atoms with E-state index in [0.717, 1.165) is 6.42 Å². The quantitative estimate of drug-likeness (QED) is 0.930. The number of hydrogen-bond acceptors (Lipinski definition) is 3. The van der Waals surface area contributed by atoms with Crippen molar-refractivity contribution in [3.63, 3.8) is 0 Å². The van der Waals surface area contributed by atoms with Crippen molar-refractivity contribution < 1.29 is 13.5 Å². The summed E-state index contributed by atoms with van der Waals surface area (Å²) < 4.78 is 26.1. The van der Waals surface area contributed by atoms with Crippen LogP contribution in [-0.4, -0.2) is 37.0 Å². The second-order valence-electron chi connectivity index (χ2n) is 4.17. The van der Waals surface area contributed by atoms with Gasteiger partial charge in [0.25, 0.3) is 0 Å². The molecule has 4 nitrogen and oxygen atoms in total.